The number of ether oxygens (including phenoxy) is 1. The number of carbonyl (C=O) groups excluding carboxylic acids is 4. The van der Waals surface area contributed by atoms with Crippen molar-refractivity contribution in [1.82, 2.24) is 0 Å². The maximum atomic E-state index is 14.2. The summed E-state index contributed by atoms with van der Waals surface area (Å²) in [6.45, 7) is 3.41. The van der Waals surface area contributed by atoms with Gasteiger partial charge >= 0.3 is 5.97 Å². The van der Waals surface area contributed by atoms with Gasteiger partial charge in [0.1, 0.15) is 5.75 Å². The van der Waals surface area contributed by atoms with Crippen LogP contribution < -0.4 is 14.5 Å². The van der Waals surface area contributed by atoms with E-state index in [1.165, 1.54) is 15.9 Å². The van der Waals surface area contributed by atoms with E-state index in [1.807, 2.05) is 24.3 Å². The first-order chi connectivity index (χ1) is 22.6. The number of benzene rings is 4. The number of rotatable bonds is 5. The second-order valence-electron chi connectivity index (χ2n) is 12.8. The van der Waals surface area contributed by atoms with Crippen molar-refractivity contribution in [3.8, 4) is 5.75 Å². The van der Waals surface area contributed by atoms with Crippen LogP contribution in [0.1, 0.15) is 51.6 Å². The van der Waals surface area contributed by atoms with E-state index in [0.29, 0.717) is 22.5 Å². The number of nitro groups is 1. The Morgan fingerprint density at radius 3 is 1.89 bits per heavy atom. The third kappa shape index (κ3) is 4.24. The van der Waals surface area contributed by atoms with Crippen molar-refractivity contribution in [1.29, 1.82) is 0 Å². The number of hydrogen-bond acceptors (Lipinski definition) is 7. The molecule has 2 heterocycles. The average molecular weight is 628 g/mol. The summed E-state index contributed by atoms with van der Waals surface area (Å²) in [4.78, 5) is 67.8. The monoisotopic (exact) mass is 627 g/mol. The lowest BCUT2D eigenvalue weighted by Crippen LogP contribution is -2.41. The lowest BCUT2D eigenvalue weighted by molar-refractivity contribution is -0.385. The topological polar surface area (TPSA) is 127 Å². The Morgan fingerprint density at radius 1 is 0.787 bits per heavy atom. The molecule has 10 heteroatoms. The fourth-order valence-corrected chi connectivity index (χ4v) is 8.13. The van der Waals surface area contributed by atoms with Crippen molar-refractivity contribution in [2.24, 2.45) is 17.8 Å². The summed E-state index contributed by atoms with van der Waals surface area (Å²) in [5.74, 6) is -3.38. The molecule has 2 saturated heterocycles. The van der Waals surface area contributed by atoms with E-state index in [9.17, 15) is 29.3 Å². The van der Waals surface area contributed by atoms with Crippen molar-refractivity contribution in [3.63, 3.8) is 0 Å². The Hall–Kier alpha value is -5.64. The van der Waals surface area contributed by atoms with Crippen LogP contribution in [-0.4, -0.2) is 35.2 Å². The Bertz CT molecular complexity index is 1960. The number of anilines is 2. The van der Waals surface area contributed by atoms with Crippen molar-refractivity contribution in [3.05, 3.63) is 128 Å². The molecule has 0 saturated carbocycles. The standard InChI is InChI=1S/C37H29N3O7/c1-19-11-12-22(17-29(19)40(45)46)38-18-21(16-30(38)41)37(44)47-23-13-14-28(20(2)15-23)39-35(42)33-31-24-7-3-4-8-25(24)32(34(33)36(39)43)27-10-6-5-9-26(27)31/h3-15,17,21,31-34H,16,18H2,1-2H3/t21-,31?,32?,33-,34+/m1/s1. The molecule has 234 valence electrons. The zero-order chi connectivity index (χ0) is 32.7. The van der Waals surface area contributed by atoms with Gasteiger partial charge in [-0.15, -0.1) is 0 Å². The molecule has 10 nitrogen and oxygen atoms in total. The minimum absolute atomic E-state index is 0.0294. The predicted octanol–water partition coefficient (Wildman–Crippen LogP) is 5.57. The number of amides is 3. The van der Waals surface area contributed by atoms with E-state index in [-0.39, 0.29) is 54.0 Å². The predicted molar refractivity (Wildman–Crippen MR) is 171 cm³/mol. The maximum absolute atomic E-state index is 14.2. The molecule has 2 aliphatic heterocycles. The van der Waals surface area contributed by atoms with Gasteiger partial charge in [0.2, 0.25) is 17.7 Å². The van der Waals surface area contributed by atoms with E-state index in [0.717, 1.165) is 22.3 Å². The van der Waals surface area contributed by atoms with Crippen molar-refractivity contribution in [2.75, 3.05) is 16.3 Å². The van der Waals surface area contributed by atoms with Crippen LogP contribution in [0.4, 0.5) is 17.1 Å². The number of nitro benzene ring substituents is 1. The normalized spacial score (nSPS) is 23.9. The van der Waals surface area contributed by atoms with Gasteiger partial charge in [0.05, 0.1) is 34.1 Å². The summed E-state index contributed by atoms with van der Waals surface area (Å²) >= 11 is 0. The van der Waals surface area contributed by atoms with Gasteiger partial charge in [-0.1, -0.05) is 54.6 Å². The summed E-state index contributed by atoms with van der Waals surface area (Å²) in [6, 6.07) is 25.5. The van der Waals surface area contributed by atoms with Crippen molar-refractivity contribution < 1.29 is 28.8 Å². The Labute approximate surface area is 269 Å². The van der Waals surface area contributed by atoms with Crippen LogP contribution in [0, 0.1) is 41.7 Å². The van der Waals surface area contributed by atoms with Crippen LogP contribution >= 0.6 is 0 Å². The molecule has 3 amide bonds. The van der Waals surface area contributed by atoms with E-state index in [2.05, 4.69) is 24.3 Å². The summed E-state index contributed by atoms with van der Waals surface area (Å²) in [7, 11) is 0. The summed E-state index contributed by atoms with van der Waals surface area (Å²) < 4.78 is 5.67. The van der Waals surface area contributed by atoms with Crippen LogP contribution in [-0.2, 0) is 19.2 Å². The molecule has 9 rings (SSSR count). The molecule has 0 aromatic heterocycles. The van der Waals surface area contributed by atoms with Gasteiger partial charge in [0, 0.05) is 36.4 Å². The molecule has 2 bridgehead atoms. The first-order valence-corrected chi connectivity index (χ1v) is 15.6. The second-order valence-corrected chi connectivity index (χ2v) is 12.8. The van der Waals surface area contributed by atoms with E-state index in [1.54, 1.807) is 44.2 Å². The summed E-state index contributed by atoms with van der Waals surface area (Å²) in [5.41, 5.74) is 6.16. The Balaban J connectivity index is 1.03. The van der Waals surface area contributed by atoms with Crippen LogP contribution in [0.15, 0.2) is 84.9 Å². The number of nitrogens with zero attached hydrogens (tertiary/aromatic N) is 3. The number of imide groups is 1. The number of carbonyl (C=O) groups is 4. The minimum atomic E-state index is -0.772. The van der Waals surface area contributed by atoms with Gasteiger partial charge in [0.25, 0.3) is 5.69 Å². The lowest BCUT2D eigenvalue weighted by atomic mass is 9.55. The highest BCUT2D eigenvalue weighted by molar-refractivity contribution is 6.23. The molecule has 4 aromatic rings. The smallest absolute Gasteiger partial charge is 0.316 e. The highest BCUT2D eigenvalue weighted by Gasteiger charge is 2.61. The zero-order valence-electron chi connectivity index (χ0n) is 25.6. The first kappa shape index (κ1) is 28.8. The lowest BCUT2D eigenvalue weighted by Gasteiger charge is -2.45. The van der Waals surface area contributed by atoms with E-state index in [4.69, 9.17) is 4.74 Å². The van der Waals surface area contributed by atoms with Crippen LogP contribution in [0.3, 0.4) is 0 Å². The third-order valence-corrected chi connectivity index (χ3v) is 10.2. The fraction of sp³-hybridized carbons (Fsp3) is 0.243. The van der Waals surface area contributed by atoms with Gasteiger partial charge < -0.3 is 9.64 Å². The minimum Gasteiger partial charge on any atom is -0.426 e. The van der Waals surface area contributed by atoms with Crippen molar-refractivity contribution >= 4 is 40.8 Å². The molecule has 4 aromatic carbocycles. The number of aryl methyl sites for hydroxylation is 2. The van der Waals surface area contributed by atoms with Crippen LogP contribution in [0.2, 0.25) is 0 Å². The molecule has 5 aliphatic rings. The molecule has 0 unspecified atom stereocenters. The molecule has 0 radical (unpaired) electrons. The quantitative estimate of drug-likeness (QED) is 0.0931. The highest BCUT2D eigenvalue weighted by atomic mass is 16.6. The van der Waals surface area contributed by atoms with E-state index < -0.39 is 28.6 Å². The average Bonchev–Trinajstić information content (AvgIpc) is 3.58. The van der Waals surface area contributed by atoms with Crippen LogP contribution in [0.25, 0.3) is 0 Å². The third-order valence-electron chi connectivity index (χ3n) is 10.2. The molecule has 0 N–H and O–H groups in total. The molecule has 2 fully saturated rings. The maximum Gasteiger partial charge on any atom is 0.316 e. The molecule has 0 spiro atoms. The van der Waals surface area contributed by atoms with E-state index >= 15 is 0 Å². The second kappa shape index (κ2) is 10.4. The van der Waals surface area contributed by atoms with Gasteiger partial charge in [-0.3, -0.25) is 29.3 Å². The Kier molecular flexibility index (Phi) is 6.40. The molecule has 3 aliphatic carbocycles. The largest absolute Gasteiger partial charge is 0.426 e. The van der Waals surface area contributed by atoms with Gasteiger partial charge in [-0.2, -0.15) is 0 Å². The molecular formula is C37H29N3O7. The molecule has 3 atom stereocenters. The number of esters is 1. The van der Waals surface area contributed by atoms with Gasteiger partial charge in [-0.05, 0) is 65.9 Å². The summed E-state index contributed by atoms with van der Waals surface area (Å²) in [6.07, 6.45) is -0.0930. The summed E-state index contributed by atoms with van der Waals surface area (Å²) in [5, 5.41) is 11.4. The SMILES string of the molecule is Cc1cc(OC(=O)[C@@H]2CC(=O)N(c3ccc(C)c([N+](=O)[O-])c3)C2)ccc1N1C(=O)[C@@H]2C3c4ccccc4C(c4ccccc43)[C@@H]2C1=O. The fourth-order valence-electron chi connectivity index (χ4n) is 8.13. The Morgan fingerprint density at radius 2 is 1.36 bits per heavy atom. The van der Waals surface area contributed by atoms with Gasteiger partial charge in [0.15, 0.2) is 0 Å². The van der Waals surface area contributed by atoms with Crippen molar-refractivity contribution in [2.45, 2.75) is 32.1 Å². The first-order valence-electron chi connectivity index (χ1n) is 15.6. The molecule has 47 heavy (non-hydrogen) atoms. The molecular weight excluding hydrogens is 598 g/mol. The zero-order valence-corrected chi connectivity index (χ0v) is 25.6. The van der Waals surface area contributed by atoms with Crippen LogP contribution in [0.5, 0.6) is 5.75 Å². The number of hydrogen-bond donors (Lipinski definition) is 0. The highest BCUT2D eigenvalue weighted by Crippen LogP contribution is 2.61. The van der Waals surface area contributed by atoms with Gasteiger partial charge in [-0.25, -0.2) is 4.90 Å².